The molecule has 2 aromatic carbocycles. The molecule has 4 rings (SSSR count). The molecule has 2 heterocycles. The van der Waals surface area contributed by atoms with Crippen LogP contribution in [0.1, 0.15) is 44.3 Å². The van der Waals surface area contributed by atoms with E-state index < -0.39 is 29.4 Å². The van der Waals surface area contributed by atoms with Crippen molar-refractivity contribution in [1.82, 2.24) is 0 Å². The summed E-state index contributed by atoms with van der Waals surface area (Å²) in [6.45, 7) is 1.71. The Balaban J connectivity index is 1.68. The van der Waals surface area contributed by atoms with Crippen molar-refractivity contribution < 1.29 is 27.2 Å². The van der Waals surface area contributed by atoms with Gasteiger partial charge in [-0.1, -0.05) is 18.2 Å². The maximum atomic E-state index is 13.7. The molecular formula is C22H16F4N2O2S. The SMILES string of the molecule is Cc1c(C(=O)Nc2cccc(C(F)(F)F)c2)sc2c1[C@@H](c1cccc(F)c1)CC(=O)N2. The largest absolute Gasteiger partial charge is 0.416 e. The zero-order chi connectivity index (χ0) is 22.3. The highest BCUT2D eigenvalue weighted by Gasteiger charge is 2.33. The Hall–Kier alpha value is -3.20. The fraction of sp³-hybridized carbons (Fsp3) is 0.182. The van der Waals surface area contributed by atoms with Crippen molar-refractivity contribution >= 4 is 33.8 Å². The van der Waals surface area contributed by atoms with Crippen LogP contribution in [0, 0.1) is 12.7 Å². The molecule has 2 amide bonds. The predicted octanol–water partition coefficient (Wildman–Crippen LogP) is 5.94. The molecule has 0 aliphatic carbocycles. The lowest BCUT2D eigenvalue weighted by molar-refractivity contribution is -0.137. The van der Waals surface area contributed by atoms with Gasteiger partial charge < -0.3 is 10.6 Å². The minimum atomic E-state index is -4.53. The van der Waals surface area contributed by atoms with Crippen molar-refractivity contribution in [2.45, 2.75) is 25.4 Å². The Morgan fingerprint density at radius 1 is 1.16 bits per heavy atom. The van der Waals surface area contributed by atoms with E-state index >= 15 is 0 Å². The van der Waals surface area contributed by atoms with Crippen molar-refractivity contribution in [1.29, 1.82) is 0 Å². The fourth-order valence-corrected chi connectivity index (χ4v) is 4.87. The molecule has 1 aromatic heterocycles. The number of fused-ring (bicyclic) bond motifs is 1. The molecule has 0 fully saturated rings. The predicted molar refractivity (Wildman–Crippen MR) is 110 cm³/mol. The Labute approximate surface area is 178 Å². The van der Waals surface area contributed by atoms with Gasteiger partial charge in [0.15, 0.2) is 0 Å². The van der Waals surface area contributed by atoms with Gasteiger partial charge in [-0.25, -0.2) is 4.39 Å². The van der Waals surface area contributed by atoms with E-state index in [1.807, 2.05) is 0 Å². The van der Waals surface area contributed by atoms with E-state index in [9.17, 15) is 27.2 Å². The van der Waals surface area contributed by atoms with Crippen LogP contribution < -0.4 is 10.6 Å². The summed E-state index contributed by atoms with van der Waals surface area (Å²) in [5, 5.41) is 5.72. The van der Waals surface area contributed by atoms with Crippen LogP contribution in [0.5, 0.6) is 0 Å². The van der Waals surface area contributed by atoms with Crippen LogP contribution in [0.4, 0.5) is 28.3 Å². The highest BCUT2D eigenvalue weighted by Crippen LogP contribution is 2.45. The average Bonchev–Trinajstić information content (AvgIpc) is 3.03. The summed E-state index contributed by atoms with van der Waals surface area (Å²) in [7, 11) is 0. The van der Waals surface area contributed by atoms with Gasteiger partial charge in [-0.3, -0.25) is 9.59 Å². The topological polar surface area (TPSA) is 58.2 Å². The van der Waals surface area contributed by atoms with Crippen molar-refractivity contribution in [3.05, 3.63) is 81.5 Å². The van der Waals surface area contributed by atoms with Crippen LogP contribution in [0.25, 0.3) is 0 Å². The summed E-state index contributed by atoms with van der Waals surface area (Å²) >= 11 is 1.05. The molecule has 9 heteroatoms. The molecule has 0 saturated carbocycles. The Bertz CT molecular complexity index is 1190. The molecule has 2 N–H and O–H groups in total. The van der Waals surface area contributed by atoms with E-state index in [0.29, 0.717) is 21.7 Å². The van der Waals surface area contributed by atoms with E-state index in [4.69, 9.17) is 0 Å². The number of hydrogen-bond donors (Lipinski definition) is 2. The first kappa shape index (κ1) is 21.0. The number of benzene rings is 2. The summed E-state index contributed by atoms with van der Waals surface area (Å²) in [5.74, 6) is -1.69. The standard InChI is InChI=1S/C22H16F4N2O2S/c1-11-18-16(12-4-2-6-14(23)8-12)10-17(29)28-21(18)31-19(11)20(30)27-15-7-3-5-13(9-15)22(24,25)26/h2-9,16H,10H2,1H3,(H,27,30)(H,28,29)/t16-/m1/s1. The van der Waals surface area contributed by atoms with Crippen LogP contribution in [0.15, 0.2) is 48.5 Å². The van der Waals surface area contributed by atoms with Crippen LogP contribution >= 0.6 is 11.3 Å². The third-order valence-electron chi connectivity index (χ3n) is 5.09. The Kier molecular flexibility index (Phi) is 5.30. The van der Waals surface area contributed by atoms with E-state index in [2.05, 4.69) is 10.6 Å². The normalized spacial score (nSPS) is 15.9. The zero-order valence-corrected chi connectivity index (χ0v) is 17.0. The first-order valence-corrected chi connectivity index (χ1v) is 10.1. The zero-order valence-electron chi connectivity index (χ0n) is 16.1. The van der Waals surface area contributed by atoms with E-state index in [1.54, 1.807) is 19.1 Å². The van der Waals surface area contributed by atoms with Gasteiger partial charge in [0.2, 0.25) is 5.91 Å². The van der Waals surface area contributed by atoms with Crippen LogP contribution in [0.3, 0.4) is 0 Å². The lowest BCUT2D eigenvalue weighted by atomic mass is 9.85. The second kappa shape index (κ2) is 7.81. The molecule has 1 aliphatic heterocycles. The summed E-state index contributed by atoms with van der Waals surface area (Å²) in [6, 6.07) is 10.3. The number of hydrogen-bond acceptors (Lipinski definition) is 3. The number of alkyl halides is 3. The number of anilines is 2. The first-order valence-electron chi connectivity index (χ1n) is 9.30. The van der Waals surface area contributed by atoms with Gasteiger partial charge in [0, 0.05) is 18.0 Å². The molecule has 0 saturated heterocycles. The Morgan fingerprint density at radius 3 is 2.61 bits per heavy atom. The second-order valence-corrected chi connectivity index (χ2v) is 8.21. The van der Waals surface area contributed by atoms with Gasteiger partial charge in [0.1, 0.15) is 5.82 Å². The minimum Gasteiger partial charge on any atom is -0.321 e. The fourth-order valence-electron chi connectivity index (χ4n) is 3.69. The highest BCUT2D eigenvalue weighted by molar-refractivity contribution is 7.18. The van der Waals surface area contributed by atoms with Crippen molar-refractivity contribution in [2.75, 3.05) is 10.6 Å². The van der Waals surface area contributed by atoms with Gasteiger partial charge >= 0.3 is 6.18 Å². The number of carbonyl (C=O) groups excluding carboxylic acids is 2. The number of nitrogens with one attached hydrogen (secondary N) is 2. The number of thiophene rings is 1. The summed E-state index contributed by atoms with van der Waals surface area (Å²) < 4.78 is 52.6. The van der Waals surface area contributed by atoms with Crippen molar-refractivity contribution in [2.24, 2.45) is 0 Å². The van der Waals surface area contributed by atoms with E-state index in [1.165, 1.54) is 24.3 Å². The summed E-state index contributed by atoms with van der Waals surface area (Å²) in [5.41, 5.74) is 1.06. The minimum absolute atomic E-state index is 0.0105. The molecule has 0 bridgehead atoms. The van der Waals surface area contributed by atoms with E-state index in [0.717, 1.165) is 23.5 Å². The van der Waals surface area contributed by atoms with Gasteiger partial charge in [0.25, 0.3) is 5.91 Å². The maximum Gasteiger partial charge on any atom is 0.416 e. The number of halogens is 4. The smallest absolute Gasteiger partial charge is 0.321 e. The summed E-state index contributed by atoms with van der Waals surface area (Å²) in [6.07, 6.45) is -4.43. The first-order chi connectivity index (χ1) is 14.6. The second-order valence-electron chi connectivity index (χ2n) is 7.19. The molecule has 1 atom stereocenters. The lowest BCUT2D eigenvalue weighted by Crippen LogP contribution is -2.22. The van der Waals surface area contributed by atoms with Crippen LogP contribution in [-0.4, -0.2) is 11.8 Å². The quantitative estimate of drug-likeness (QED) is 0.487. The third-order valence-corrected chi connectivity index (χ3v) is 6.31. The van der Waals surface area contributed by atoms with Crippen molar-refractivity contribution in [3.8, 4) is 0 Å². The molecule has 4 nitrogen and oxygen atoms in total. The molecule has 3 aromatic rings. The molecule has 160 valence electrons. The number of rotatable bonds is 3. The van der Waals surface area contributed by atoms with Crippen molar-refractivity contribution in [3.63, 3.8) is 0 Å². The van der Waals surface area contributed by atoms with Gasteiger partial charge in [0.05, 0.1) is 15.4 Å². The van der Waals surface area contributed by atoms with Crippen LogP contribution in [-0.2, 0) is 11.0 Å². The summed E-state index contributed by atoms with van der Waals surface area (Å²) in [4.78, 5) is 25.3. The van der Waals surface area contributed by atoms with Crippen LogP contribution in [0.2, 0.25) is 0 Å². The number of amides is 2. The lowest BCUT2D eigenvalue weighted by Gasteiger charge is -2.24. The molecular weight excluding hydrogens is 432 g/mol. The molecule has 0 unspecified atom stereocenters. The number of carbonyl (C=O) groups is 2. The average molecular weight is 448 g/mol. The maximum absolute atomic E-state index is 13.7. The Morgan fingerprint density at radius 2 is 1.90 bits per heavy atom. The van der Waals surface area contributed by atoms with Gasteiger partial charge in [-0.15, -0.1) is 11.3 Å². The molecule has 0 radical (unpaired) electrons. The van der Waals surface area contributed by atoms with Gasteiger partial charge in [-0.2, -0.15) is 13.2 Å². The van der Waals surface area contributed by atoms with E-state index in [-0.39, 0.29) is 22.9 Å². The highest BCUT2D eigenvalue weighted by atomic mass is 32.1. The monoisotopic (exact) mass is 448 g/mol. The molecule has 1 aliphatic rings. The molecule has 31 heavy (non-hydrogen) atoms. The van der Waals surface area contributed by atoms with Gasteiger partial charge in [-0.05, 0) is 53.9 Å². The molecule has 0 spiro atoms. The third kappa shape index (κ3) is 4.18.